The van der Waals surface area contributed by atoms with E-state index in [0.29, 0.717) is 0 Å². The van der Waals surface area contributed by atoms with Crippen LogP contribution in [0.5, 0.6) is 0 Å². The molecule has 1 aromatic heterocycles. The van der Waals surface area contributed by atoms with Crippen molar-refractivity contribution < 1.29 is 0 Å². The standard InChI is InChI=1S/C11H17NO/c1-8-6-7-9(13)12(5)10(8)11(2,3)4/h6-7H,1-5H3. The maximum atomic E-state index is 11.4. The van der Waals surface area contributed by atoms with E-state index in [0.717, 1.165) is 5.69 Å². The molecule has 0 N–H and O–H groups in total. The van der Waals surface area contributed by atoms with Crippen molar-refractivity contribution in [3.8, 4) is 0 Å². The summed E-state index contributed by atoms with van der Waals surface area (Å²) in [7, 11) is 1.83. The van der Waals surface area contributed by atoms with Gasteiger partial charge in [0.15, 0.2) is 0 Å². The molecule has 0 saturated heterocycles. The molecule has 0 atom stereocenters. The summed E-state index contributed by atoms with van der Waals surface area (Å²) in [5, 5.41) is 0. The SMILES string of the molecule is Cc1ccc(=O)n(C)c1C(C)(C)C. The predicted octanol–water partition coefficient (Wildman–Crippen LogP) is 1.99. The Hall–Kier alpha value is -1.05. The second-order valence-corrected chi connectivity index (χ2v) is 4.51. The molecule has 0 unspecified atom stereocenters. The van der Waals surface area contributed by atoms with Crippen molar-refractivity contribution >= 4 is 0 Å². The van der Waals surface area contributed by atoms with Crippen molar-refractivity contribution in [2.24, 2.45) is 7.05 Å². The molecule has 0 aromatic carbocycles. The lowest BCUT2D eigenvalue weighted by Crippen LogP contribution is -2.28. The zero-order valence-corrected chi connectivity index (χ0v) is 9.01. The monoisotopic (exact) mass is 179 g/mol. The minimum atomic E-state index is 0.0270. The van der Waals surface area contributed by atoms with Gasteiger partial charge in [0.25, 0.3) is 0 Å². The van der Waals surface area contributed by atoms with Gasteiger partial charge in [0, 0.05) is 24.2 Å². The number of rotatable bonds is 0. The molecule has 72 valence electrons. The Labute approximate surface area is 79.2 Å². The van der Waals surface area contributed by atoms with E-state index in [-0.39, 0.29) is 11.0 Å². The van der Waals surface area contributed by atoms with Crippen LogP contribution in [0.3, 0.4) is 0 Å². The van der Waals surface area contributed by atoms with Crippen LogP contribution in [0.1, 0.15) is 32.0 Å². The third-order valence-corrected chi connectivity index (χ3v) is 2.23. The van der Waals surface area contributed by atoms with Gasteiger partial charge in [-0.05, 0) is 12.5 Å². The van der Waals surface area contributed by atoms with Crippen molar-refractivity contribution in [2.75, 3.05) is 0 Å². The Bertz CT molecular complexity index is 369. The highest BCUT2D eigenvalue weighted by Crippen LogP contribution is 2.23. The number of aromatic nitrogens is 1. The van der Waals surface area contributed by atoms with Crippen LogP contribution in [0.2, 0.25) is 0 Å². The van der Waals surface area contributed by atoms with Crippen LogP contribution in [0, 0.1) is 6.92 Å². The van der Waals surface area contributed by atoms with Gasteiger partial charge >= 0.3 is 0 Å². The molecule has 0 bridgehead atoms. The maximum Gasteiger partial charge on any atom is 0.250 e. The van der Waals surface area contributed by atoms with Crippen molar-refractivity contribution in [3.63, 3.8) is 0 Å². The van der Waals surface area contributed by atoms with Crippen LogP contribution in [-0.2, 0) is 12.5 Å². The fraction of sp³-hybridized carbons (Fsp3) is 0.545. The van der Waals surface area contributed by atoms with Crippen LogP contribution >= 0.6 is 0 Å². The Kier molecular flexibility index (Phi) is 2.33. The minimum Gasteiger partial charge on any atom is -0.315 e. The largest absolute Gasteiger partial charge is 0.315 e. The first-order valence-electron chi connectivity index (χ1n) is 4.51. The van der Waals surface area contributed by atoms with E-state index in [1.807, 2.05) is 20.0 Å². The van der Waals surface area contributed by atoms with Crippen LogP contribution in [-0.4, -0.2) is 4.57 Å². The Morgan fingerprint density at radius 1 is 1.23 bits per heavy atom. The van der Waals surface area contributed by atoms with Gasteiger partial charge in [-0.25, -0.2) is 0 Å². The number of hydrogen-bond donors (Lipinski definition) is 0. The van der Waals surface area contributed by atoms with E-state index in [1.165, 1.54) is 5.56 Å². The molecule has 1 heterocycles. The van der Waals surface area contributed by atoms with Gasteiger partial charge < -0.3 is 4.57 Å². The smallest absolute Gasteiger partial charge is 0.250 e. The molecule has 0 fully saturated rings. The first kappa shape index (κ1) is 10.0. The molecule has 13 heavy (non-hydrogen) atoms. The van der Waals surface area contributed by atoms with Gasteiger partial charge in [-0.15, -0.1) is 0 Å². The lowest BCUT2D eigenvalue weighted by atomic mass is 9.88. The van der Waals surface area contributed by atoms with E-state index < -0.39 is 0 Å². The summed E-state index contributed by atoms with van der Waals surface area (Å²) in [5.74, 6) is 0. The summed E-state index contributed by atoms with van der Waals surface area (Å²) in [6.45, 7) is 8.40. The molecule has 2 heteroatoms. The Morgan fingerprint density at radius 2 is 1.77 bits per heavy atom. The van der Waals surface area contributed by atoms with Gasteiger partial charge in [-0.2, -0.15) is 0 Å². The fourth-order valence-electron chi connectivity index (χ4n) is 1.86. The molecule has 0 aliphatic rings. The molecule has 0 radical (unpaired) electrons. The van der Waals surface area contributed by atoms with Crippen molar-refractivity contribution in [2.45, 2.75) is 33.1 Å². The average Bonchev–Trinajstić information content (AvgIpc) is 1.95. The van der Waals surface area contributed by atoms with E-state index in [2.05, 4.69) is 20.8 Å². The lowest BCUT2D eigenvalue weighted by molar-refractivity contribution is 0.526. The second kappa shape index (κ2) is 3.02. The predicted molar refractivity (Wildman–Crippen MR) is 55.1 cm³/mol. The Morgan fingerprint density at radius 3 is 2.15 bits per heavy atom. The van der Waals surface area contributed by atoms with Crippen molar-refractivity contribution in [1.29, 1.82) is 0 Å². The molecule has 0 saturated carbocycles. The summed E-state index contributed by atoms with van der Waals surface area (Å²) in [5.41, 5.74) is 2.38. The van der Waals surface area contributed by atoms with Crippen LogP contribution in [0.25, 0.3) is 0 Å². The van der Waals surface area contributed by atoms with Crippen LogP contribution in [0.15, 0.2) is 16.9 Å². The molecule has 0 amide bonds. The Balaban J connectivity index is 3.52. The van der Waals surface area contributed by atoms with Gasteiger partial charge in [0.05, 0.1) is 0 Å². The second-order valence-electron chi connectivity index (χ2n) is 4.51. The van der Waals surface area contributed by atoms with Gasteiger partial charge in [-0.1, -0.05) is 26.8 Å². The molecule has 1 rings (SSSR count). The number of pyridine rings is 1. The minimum absolute atomic E-state index is 0.0270. The zero-order valence-electron chi connectivity index (χ0n) is 9.01. The highest BCUT2D eigenvalue weighted by Gasteiger charge is 2.19. The third kappa shape index (κ3) is 1.82. The number of hydrogen-bond acceptors (Lipinski definition) is 1. The zero-order chi connectivity index (χ0) is 10.2. The van der Waals surface area contributed by atoms with Crippen molar-refractivity contribution in [1.82, 2.24) is 4.57 Å². The maximum absolute atomic E-state index is 11.4. The topological polar surface area (TPSA) is 22.0 Å². The fourth-order valence-corrected chi connectivity index (χ4v) is 1.86. The lowest BCUT2D eigenvalue weighted by Gasteiger charge is -2.24. The summed E-state index contributed by atoms with van der Waals surface area (Å²) in [6.07, 6.45) is 0. The quantitative estimate of drug-likeness (QED) is 0.597. The molecule has 2 nitrogen and oxygen atoms in total. The highest BCUT2D eigenvalue weighted by atomic mass is 16.1. The van der Waals surface area contributed by atoms with E-state index in [9.17, 15) is 4.79 Å². The molecular formula is C11H17NO. The summed E-state index contributed by atoms with van der Waals surface area (Å²) in [6, 6.07) is 3.51. The van der Waals surface area contributed by atoms with E-state index >= 15 is 0 Å². The molecular weight excluding hydrogens is 162 g/mol. The van der Waals surface area contributed by atoms with E-state index in [4.69, 9.17) is 0 Å². The van der Waals surface area contributed by atoms with Gasteiger partial charge in [0.2, 0.25) is 5.56 Å². The average molecular weight is 179 g/mol. The van der Waals surface area contributed by atoms with Crippen molar-refractivity contribution in [3.05, 3.63) is 33.7 Å². The third-order valence-electron chi connectivity index (χ3n) is 2.23. The van der Waals surface area contributed by atoms with Gasteiger partial charge in [-0.3, -0.25) is 4.79 Å². The molecule has 0 spiro atoms. The normalized spacial score (nSPS) is 11.8. The van der Waals surface area contributed by atoms with Crippen LogP contribution in [0.4, 0.5) is 0 Å². The summed E-state index contributed by atoms with van der Waals surface area (Å²) >= 11 is 0. The van der Waals surface area contributed by atoms with Crippen LogP contribution < -0.4 is 5.56 Å². The van der Waals surface area contributed by atoms with E-state index in [1.54, 1.807) is 10.6 Å². The van der Waals surface area contributed by atoms with Gasteiger partial charge in [0.1, 0.15) is 0 Å². The number of nitrogens with zero attached hydrogens (tertiary/aromatic N) is 1. The molecule has 0 aliphatic heterocycles. The summed E-state index contributed by atoms with van der Waals surface area (Å²) in [4.78, 5) is 11.4. The highest BCUT2D eigenvalue weighted by molar-refractivity contribution is 5.25. The molecule has 0 aliphatic carbocycles. The number of aryl methyl sites for hydroxylation is 1. The summed E-state index contributed by atoms with van der Waals surface area (Å²) < 4.78 is 1.73. The first-order valence-corrected chi connectivity index (χ1v) is 4.51. The first-order chi connectivity index (χ1) is 5.84. The molecule has 1 aromatic rings.